The van der Waals surface area contributed by atoms with Gasteiger partial charge in [-0.05, 0) is 106 Å². The summed E-state index contributed by atoms with van der Waals surface area (Å²) in [5.74, 6) is -0.423. The zero-order chi connectivity index (χ0) is 43.9. The number of aromatic amines is 1. The van der Waals surface area contributed by atoms with Crippen LogP contribution in [0.2, 0.25) is 0 Å². The summed E-state index contributed by atoms with van der Waals surface area (Å²) in [5.41, 5.74) is 1.68. The highest BCUT2D eigenvalue weighted by Gasteiger charge is 2.49. The molecule has 9 rings (SSSR count). The fraction of sp³-hybridized carbons (Fsp3) is 0.444. The number of aliphatic hydroxyl groups is 1. The number of rotatable bonds is 12. The Morgan fingerprint density at radius 3 is 2.59 bits per heavy atom. The van der Waals surface area contributed by atoms with Gasteiger partial charge in [-0.25, -0.2) is 23.1 Å². The van der Waals surface area contributed by atoms with Crippen LogP contribution in [-0.2, 0) is 14.8 Å². The fourth-order valence-corrected chi connectivity index (χ4v) is 11.3. The molecule has 16 nitrogen and oxygen atoms in total. The number of carbonyl (C=O) groups excluding carboxylic acids is 1. The van der Waals surface area contributed by atoms with Crippen LogP contribution in [0.4, 0.5) is 17.2 Å². The molecule has 18 heteroatoms. The van der Waals surface area contributed by atoms with Gasteiger partial charge in [0, 0.05) is 66.1 Å². The molecule has 2 aliphatic heterocycles. The number of hydrogen-bond donors (Lipinski definition) is 4. The van der Waals surface area contributed by atoms with Gasteiger partial charge in [-0.3, -0.25) is 19.8 Å². The molecular weight excluding hydrogens is 893 g/mol. The Hall–Kier alpha value is -5.14. The number of aromatic nitrogens is 3. The number of nitro groups is 1. The highest BCUT2D eigenvalue weighted by molar-refractivity contribution is 9.10. The zero-order valence-corrected chi connectivity index (χ0v) is 37.4. The van der Waals surface area contributed by atoms with Crippen LogP contribution in [0.1, 0.15) is 80.3 Å². The third-order valence-electron chi connectivity index (χ3n) is 13.6. The van der Waals surface area contributed by atoms with E-state index in [0.717, 1.165) is 92.6 Å². The van der Waals surface area contributed by atoms with Crippen LogP contribution < -0.4 is 19.7 Å². The molecule has 0 radical (unpaired) electrons. The van der Waals surface area contributed by atoms with Crippen LogP contribution >= 0.6 is 15.9 Å². The van der Waals surface area contributed by atoms with Gasteiger partial charge < -0.3 is 29.8 Å². The van der Waals surface area contributed by atoms with Crippen molar-refractivity contribution in [3.63, 3.8) is 0 Å². The van der Waals surface area contributed by atoms with E-state index in [2.05, 4.69) is 68.9 Å². The van der Waals surface area contributed by atoms with Crippen LogP contribution in [0.3, 0.4) is 0 Å². The normalized spacial score (nSPS) is 23.0. The predicted molar refractivity (Wildman–Crippen MR) is 241 cm³/mol. The van der Waals surface area contributed by atoms with Crippen molar-refractivity contribution in [2.24, 2.45) is 11.3 Å². The lowest BCUT2D eigenvalue weighted by Gasteiger charge is -2.57. The van der Waals surface area contributed by atoms with Crippen LogP contribution in [-0.4, -0.2) is 95.2 Å². The van der Waals surface area contributed by atoms with Gasteiger partial charge in [0.25, 0.3) is 15.9 Å². The van der Waals surface area contributed by atoms with Crippen molar-refractivity contribution < 1.29 is 32.7 Å². The summed E-state index contributed by atoms with van der Waals surface area (Å²) in [6.07, 6.45) is 11.2. The number of ether oxygens (including phenoxy) is 2. The number of piperidine rings is 1. The smallest absolute Gasteiger partial charge is 0.312 e. The lowest BCUT2D eigenvalue weighted by molar-refractivity contribution is -0.384. The Kier molecular flexibility index (Phi) is 11.9. The Morgan fingerprint density at radius 1 is 1.05 bits per heavy atom. The van der Waals surface area contributed by atoms with Crippen molar-refractivity contribution in [2.45, 2.75) is 80.9 Å². The number of benzene rings is 2. The Labute approximate surface area is 374 Å². The summed E-state index contributed by atoms with van der Waals surface area (Å²) >= 11 is 3.76. The first-order valence-electron chi connectivity index (χ1n) is 21.5. The highest BCUT2D eigenvalue weighted by atomic mass is 79.9. The number of amides is 1. The molecule has 4 N–H and O–H groups in total. The number of sulfonamides is 1. The summed E-state index contributed by atoms with van der Waals surface area (Å²) in [4.78, 5) is 41.3. The van der Waals surface area contributed by atoms with Crippen molar-refractivity contribution >= 4 is 60.1 Å². The summed E-state index contributed by atoms with van der Waals surface area (Å²) in [5, 5.41) is 26.2. The quantitative estimate of drug-likeness (QED) is 0.0700. The van der Waals surface area contributed by atoms with E-state index in [1.54, 1.807) is 37.4 Å². The van der Waals surface area contributed by atoms with E-state index >= 15 is 0 Å². The van der Waals surface area contributed by atoms with E-state index in [9.17, 15) is 28.4 Å². The van der Waals surface area contributed by atoms with Gasteiger partial charge in [0.05, 0.1) is 47.7 Å². The number of halogens is 1. The Bertz CT molecular complexity index is 2620. The van der Waals surface area contributed by atoms with Gasteiger partial charge in [0.15, 0.2) is 0 Å². The SMILES string of the molecule is C[C@]1(O)CC[C@H](CNc2ncc(S(=O)(=O)NC(=O)c3ccc(N4CCC5(CC4)CC(N4CCOC[C@H]4c4ccccc4Br)C5)cc3Oc3cnc4[nH]ccc4c3)cc2[N+](=O)[O-])CC1. The molecule has 63 heavy (non-hydrogen) atoms. The summed E-state index contributed by atoms with van der Waals surface area (Å²) in [6, 6.07) is 18.7. The van der Waals surface area contributed by atoms with Gasteiger partial charge in [0.1, 0.15) is 22.0 Å². The minimum Gasteiger partial charge on any atom is -0.455 e. The lowest BCUT2D eigenvalue weighted by atomic mass is 9.59. The first-order chi connectivity index (χ1) is 30.2. The predicted octanol–water partition coefficient (Wildman–Crippen LogP) is 7.72. The van der Waals surface area contributed by atoms with Gasteiger partial charge in [-0.15, -0.1) is 0 Å². The number of nitrogens with zero attached hydrogens (tertiary/aromatic N) is 5. The monoisotopic (exact) mass is 942 g/mol. The molecule has 5 heterocycles. The number of H-pyrrole nitrogens is 1. The molecule has 4 fully saturated rings. The van der Waals surface area contributed by atoms with Crippen LogP contribution in [0, 0.1) is 21.4 Å². The molecule has 2 saturated heterocycles. The van der Waals surface area contributed by atoms with Crippen molar-refractivity contribution in [1.82, 2.24) is 24.6 Å². The van der Waals surface area contributed by atoms with E-state index in [4.69, 9.17) is 9.47 Å². The van der Waals surface area contributed by atoms with E-state index in [1.165, 1.54) is 11.8 Å². The molecule has 0 bridgehead atoms. The molecule has 2 saturated carbocycles. The number of pyridine rings is 2. The van der Waals surface area contributed by atoms with Crippen molar-refractivity contribution in [2.75, 3.05) is 49.6 Å². The van der Waals surface area contributed by atoms with Crippen LogP contribution in [0.25, 0.3) is 11.0 Å². The molecule has 1 spiro atoms. The summed E-state index contributed by atoms with van der Waals surface area (Å²) in [7, 11) is -4.63. The molecule has 5 aromatic rings. The minimum atomic E-state index is -4.63. The van der Waals surface area contributed by atoms with E-state index < -0.39 is 37.0 Å². The zero-order valence-electron chi connectivity index (χ0n) is 35.0. The third-order valence-corrected chi connectivity index (χ3v) is 15.6. The van der Waals surface area contributed by atoms with Gasteiger partial charge in [0.2, 0.25) is 5.82 Å². The molecule has 1 amide bonds. The van der Waals surface area contributed by atoms with Crippen molar-refractivity contribution in [1.29, 1.82) is 0 Å². The number of morpholine rings is 1. The molecular formula is C45H51BrN8O8S. The maximum Gasteiger partial charge on any atom is 0.312 e. The first-order valence-corrected chi connectivity index (χ1v) is 23.8. The molecule has 332 valence electrons. The molecule has 1 atom stereocenters. The van der Waals surface area contributed by atoms with Gasteiger partial charge >= 0.3 is 5.69 Å². The van der Waals surface area contributed by atoms with Crippen molar-refractivity contribution in [3.8, 4) is 11.5 Å². The highest BCUT2D eigenvalue weighted by Crippen LogP contribution is 2.53. The maximum atomic E-state index is 13.9. The third kappa shape index (κ3) is 9.27. The number of carbonyl (C=O) groups is 1. The number of fused-ring (bicyclic) bond motifs is 1. The molecule has 4 aliphatic rings. The van der Waals surface area contributed by atoms with Crippen LogP contribution in [0.5, 0.6) is 11.5 Å². The van der Waals surface area contributed by atoms with Crippen molar-refractivity contribution in [3.05, 3.63) is 105 Å². The first kappa shape index (κ1) is 43.1. The van der Waals surface area contributed by atoms with E-state index in [1.807, 2.05) is 12.1 Å². The van der Waals surface area contributed by atoms with Crippen LogP contribution in [0.15, 0.2) is 88.6 Å². The minimum absolute atomic E-state index is 0.0517. The number of nitrogens with one attached hydrogen (secondary N) is 3. The second-order valence-corrected chi connectivity index (χ2v) is 20.4. The molecule has 0 unspecified atom stereocenters. The largest absolute Gasteiger partial charge is 0.455 e. The van der Waals surface area contributed by atoms with E-state index in [-0.39, 0.29) is 34.5 Å². The number of anilines is 2. The standard InChI is InChI=1S/C45H51BrN8O8S/c1-44(56)11-8-29(9-12-44)25-48-42-38(54(57)58)22-34(27-50-42)63(59,60)51-43(55)36-7-6-31(21-40(36)62-33-20-30-10-15-47-41(30)49-26-33)52-16-13-45(14-17-52)23-32(24-45)53-18-19-61-28-39(53)35-4-2-3-5-37(35)46/h2-7,10,15,20-22,26-27,29,32,39,56H,8-9,11-14,16-19,23-25,28H2,1H3,(H,47,49)(H,48,50)(H,51,55)/t29-,39-,44-/m0/s1. The lowest BCUT2D eigenvalue weighted by Crippen LogP contribution is -2.57. The second kappa shape index (κ2) is 17.4. The van der Waals surface area contributed by atoms with Gasteiger partial charge in [-0.1, -0.05) is 34.1 Å². The second-order valence-electron chi connectivity index (χ2n) is 17.8. The van der Waals surface area contributed by atoms with Gasteiger partial charge in [-0.2, -0.15) is 0 Å². The fourth-order valence-electron chi connectivity index (χ4n) is 9.81. The molecule has 2 aliphatic carbocycles. The maximum absolute atomic E-state index is 13.9. The summed E-state index contributed by atoms with van der Waals surface area (Å²) < 4.78 is 42.8. The Morgan fingerprint density at radius 2 is 1.83 bits per heavy atom. The Balaban J connectivity index is 0.899. The average molecular weight is 944 g/mol. The average Bonchev–Trinajstić information content (AvgIpc) is 3.73. The number of hydrogen-bond acceptors (Lipinski definition) is 13. The molecule has 2 aromatic carbocycles. The molecule has 3 aromatic heterocycles. The topological polar surface area (TPSA) is 205 Å². The summed E-state index contributed by atoms with van der Waals surface area (Å²) in [6.45, 7) is 6.10. The van der Waals surface area contributed by atoms with E-state index in [0.29, 0.717) is 43.4 Å².